The van der Waals surface area contributed by atoms with Gasteiger partial charge in [-0.25, -0.2) is 0 Å². The van der Waals surface area contributed by atoms with Crippen molar-refractivity contribution in [1.29, 1.82) is 0 Å². The molecule has 5 nitrogen and oxygen atoms in total. The highest BCUT2D eigenvalue weighted by molar-refractivity contribution is 7.60. The number of nitrogens with one attached hydrogen (secondary N) is 2. The molecule has 0 fully saturated rings. The van der Waals surface area contributed by atoms with E-state index in [4.69, 9.17) is 4.74 Å². The van der Waals surface area contributed by atoms with Gasteiger partial charge in [0.25, 0.3) is 0 Å². The van der Waals surface area contributed by atoms with E-state index in [0.29, 0.717) is 19.6 Å². The van der Waals surface area contributed by atoms with Crippen molar-refractivity contribution >= 4 is 71.3 Å². The number of ether oxygens (including phenoxy) is 1. The lowest BCUT2D eigenvalue weighted by Crippen LogP contribution is -2.01. The van der Waals surface area contributed by atoms with E-state index in [1.54, 1.807) is 22.7 Å². The van der Waals surface area contributed by atoms with Crippen LogP contribution >= 0.6 is 40.1 Å². The van der Waals surface area contributed by atoms with Gasteiger partial charge in [-0.15, -0.1) is 22.7 Å². The summed E-state index contributed by atoms with van der Waals surface area (Å²) in [5, 5.41) is 7.52. The molecule has 0 spiro atoms. The lowest BCUT2D eigenvalue weighted by Gasteiger charge is -2.06. The smallest absolute Gasteiger partial charge is 0.174 e. The Morgan fingerprint density at radius 3 is 2.43 bits per heavy atom. The highest BCUT2D eigenvalue weighted by Crippen LogP contribution is 2.41. The van der Waals surface area contributed by atoms with Crippen LogP contribution in [0.5, 0.6) is 0 Å². The SMILES string of the molecule is CCOCCC(=O)PNc1ccc(-c2cc3sc(NPC(=O)C(C)C)cc3s2)cc1. The Balaban J connectivity index is 1.56. The molecule has 160 valence electrons. The monoisotopic (exact) mass is 480 g/mol. The molecule has 0 aliphatic carbocycles. The van der Waals surface area contributed by atoms with Gasteiger partial charge in [0.2, 0.25) is 0 Å². The van der Waals surface area contributed by atoms with Crippen LogP contribution in [0, 0.1) is 5.92 Å². The Hall–Kier alpha value is -1.36. The summed E-state index contributed by atoms with van der Waals surface area (Å²) >= 11 is 3.43. The lowest BCUT2D eigenvalue weighted by atomic mass is 10.2. The van der Waals surface area contributed by atoms with E-state index in [-0.39, 0.29) is 34.4 Å². The summed E-state index contributed by atoms with van der Waals surface area (Å²) < 4.78 is 7.67. The van der Waals surface area contributed by atoms with Crippen molar-refractivity contribution in [3.63, 3.8) is 0 Å². The standard InChI is InChI=1S/C21H26N2O3P2S2/c1-4-26-10-9-20(24)27-22-15-7-5-14(6-8-15)16-11-17-18(29-16)12-19(30-17)23-28-21(25)13(2)3/h5-8,11-13,22-23,27-28H,4,9-10H2,1-3H3. The molecule has 0 radical (unpaired) electrons. The molecule has 0 aliphatic heterocycles. The first-order chi connectivity index (χ1) is 14.5. The summed E-state index contributed by atoms with van der Waals surface area (Å²) in [6.07, 6.45) is 0.451. The van der Waals surface area contributed by atoms with Gasteiger partial charge >= 0.3 is 0 Å². The van der Waals surface area contributed by atoms with Gasteiger partial charge in [0.15, 0.2) is 11.0 Å². The molecular formula is C21H26N2O3P2S2. The van der Waals surface area contributed by atoms with E-state index < -0.39 is 0 Å². The maximum atomic E-state index is 11.8. The van der Waals surface area contributed by atoms with E-state index in [2.05, 4.69) is 34.4 Å². The first kappa shape index (κ1) is 23.3. The minimum absolute atomic E-state index is 0.0546. The molecule has 1 aromatic carbocycles. The number of thiophene rings is 2. The molecule has 0 saturated heterocycles. The molecule has 2 N–H and O–H groups in total. The maximum absolute atomic E-state index is 11.8. The molecule has 3 aromatic rings. The summed E-state index contributed by atoms with van der Waals surface area (Å²) in [7, 11) is 0.170. The molecule has 3 rings (SSSR count). The predicted molar refractivity (Wildman–Crippen MR) is 135 cm³/mol. The molecule has 2 unspecified atom stereocenters. The minimum atomic E-state index is 0.0546. The average molecular weight is 481 g/mol. The molecule has 9 heteroatoms. The van der Waals surface area contributed by atoms with Gasteiger partial charge in [0.05, 0.1) is 11.6 Å². The number of carbonyl (C=O) groups excluding carboxylic acids is 2. The predicted octanol–water partition coefficient (Wildman–Crippen LogP) is 6.78. The Bertz CT molecular complexity index is 968. The Labute approximate surface area is 188 Å². The van der Waals surface area contributed by atoms with Gasteiger partial charge in [-0.2, -0.15) is 0 Å². The second-order valence-corrected chi connectivity index (χ2v) is 11.1. The number of fused-ring (bicyclic) bond motifs is 1. The van der Waals surface area contributed by atoms with Gasteiger partial charge in [-0.05, 0) is 36.8 Å². The fourth-order valence-electron chi connectivity index (χ4n) is 2.54. The summed E-state index contributed by atoms with van der Waals surface area (Å²) in [4.78, 5) is 24.9. The highest BCUT2D eigenvalue weighted by Gasteiger charge is 2.11. The molecule has 0 aliphatic rings. The van der Waals surface area contributed by atoms with E-state index in [0.717, 1.165) is 16.3 Å². The molecule has 0 saturated carbocycles. The van der Waals surface area contributed by atoms with E-state index in [1.165, 1.54) is 14.3 Å². The zero-order valence-electron chi connectivity index (χ0n) is 17.2. The zero-order chi connectivity index (χ0) is 21.5. The van der Waals surface area contributed by atoms with Crippen LogP contribution < -0.4 is 10.2 Å². The summed E-state index contributed by atoms with van der Waals surface area (Å²) in [6, 6.07) is 12.5. The number of hydrogen-bond donors (Lipinski definition) is 2. The molecule has 2 heterocycles. The average Bonchev–Trinajstić information content (AvgIpc) is 3.30. The first-order valence-corrected chi connectivity index (χ1v) is 13.4. The second-order valence-electron chi connectivity index (χ2n) is 6.92. The van der Waals surface area contributed by atoms with Crippen LogP contribution in [-0.2, 0) is 14.3 Å². The number of benzene rings is 1. The Morgan fingerprint density at radius 2 is 1.77 bits per heavy atom. The van der Waals surface area contributed by atoms with Crippen molar-refractivity contribution in [2.75, 3.05) is 23.4 Å². The fourth-order valence-corrected chi connectivity index (χ4v) is 6.33. The third-order valence-electron chi connectivity index (χ3n) is 4.23. The van der Waals surface area contributed by atoms with Crippen molar-refractivity contribution in [3.8, 4) is 10.4 Å². The van der Waals surface area contributed by atoms with Crippen LogP contribution in [0.15, 0.2) is 36.4 Å². The normalized spacial score (nSPS) is 12.0. The topological polar surface area (TPSA) is 67.4 Å². The van der Waals surface area contributed by atoms with Gasteiger partial charge < -0.3 is 14.9 Å². The molecule has 2 aromatic heterocycles. The molecular weight excluding hydrogens is 454 g/mol. The van der Waals surface area contributed by atoms with E-state index in [9.17, 15) is 9.59 Å². The summed E-state index contributed by atoms with van der Waals surface area (Å²) in [5.41, 5.74) is 2.53. The van der Waals surface area contributed by atoms with Crippen molar-refractivity contribution in [2.45, 2.75) is 27.2 Å². The molecule has 0 amide bonds. The quantitative estimate of drug-likeness (QED) is 0.221. The number of rotatable bonds is 12. The Kier molecular flexibility index (Phi) is 8.79. The third-order valence-corrected chi connectivity index (χ3v) is 8.83. The second kappa shape index (κ2) is 11.3. The van der Waals surface area contributed by atoms with Gasteiger partial charge in [-0.1, -0.05) is 26.0 Å². The van der Waals surface area contributed by atoms with Crippen molar-refractivity contribution in [2.24, 2.45) is 5.92 Å². The number of anilines is 2. The van der Waals surface area contributed by atoms with Gasteiger partial charge in [-0.3, -0.25) is 9.59 Å². The third kappa shape index (κ3) is 6.57. The maximum Gasteiger partial charge on any atom is 0.174 e. The zero-order valence-corrected chi connectivity index (χ0v) is 20.8. The Morgan fingerprint density at radius 1 is 1.03 bits per heavy atom. The molecule has 0 bridgehead atoms. The number of carbonyl (C=O) groups is 2. The van der Waals surface area contributed by atoms with Crippen molar-refractivity contribution in [1.82, 2.24) is 0 Å². The van der Waals surface area contributed by atoms with Crippen LogP contribution in [0.2, 0.25) is 0 Å². The van der Waals surface area contributed by atoms with Crippen molar-refractivity contribution in [3.05, 3.63) is 36.4 Å². The number of hydrogen-bond acceptors (Lipinski definition) is 7. The van der Waals surface area contributed by atoms with Crippen LogP contribution in [0.4, 0.5) is 10.7 Å². The van der Waals surface area contributed by atoms with Crippen molar-refractivity contribution < 1.29 is 14.3 Å². The minimum Gasteiger partial charge on any atom is -0.381 e. The van der Waals surface area contributed by atoms with Crippen LogP contribution in [0.3, 0.4) is 0 Å². The van der Waals surface area contributed by atoms with Crippen LogP contribution in [0.1, 0.15) is 27.2 Å². The highest BCUT2D eigenvalue weighted by atomic mass is 32.1. The summed E-state index contributed by atoms with van der Waals surface area (Å²) in [6.45, 7) is 6.91. The lowest BCUT2D eigenvalue weighted by molar-refractivity contribution is -0.114. The van der Waals surface area contributed by atoms with Gasteiger partial charge in [0, 0.05) is 56.4 Å². The summed E-state index contributed by atoms with van der Waals surface area (Å²) in [5.74, 6) is 0.0645. The van der Waals surface area contributed by atoms with Gasteiger partial charge in [0.1, 0.15) is 0 Å². The van der Waals surface area contributed by atoms with E-state index in [1.807, 2.05) is 32.9 Å². The van der Waals surface area contributed by atoms with Crippen LogP contribution in [0.25, 0.3) is 19.8 Å². The fraction of sp³-hybridized carbons (Fsp3) is 0.333. The van der Waals surface area contributed by atoms with E-state index >= 15 is 0 Å². The molecule has 30 heavy (non-hydrogen) atoms. The largest absolute Gasteiger partial charge is 0.381 e. The molecule has 2 atom stereocenters. The first-order valence-electron chi connectivity index (χ1n) is 9.78. The van der Waals surface area contributed by atoms with Crippen LogP contribution in [-0.4, -0.2) is 24.3 Å².